The number of morpholine rings is 1. The summed E-state index contributed by atoms with van der Waals surface area (Å²) in [6.07, 6.45) is 0.267. The van der Waals surface area contributed by atoms with Crippen LogP contribution in [0.4, 0.5) is 0 Å². The van der Waals surface area contributed by atoms with Gasteiger partial charge in [0.15, 0.2) is 0 Å². The standard InChI is InChI=1S/C15H19N3O2/c1-11-4-3-5-13(8-11)15-16-14(20-17-15)10-18-6-7-19-12(2)9-18/h3-5,8,12H,6-7,9-10H2,1-2H3/t12-/m1/s1. The Bertz CT molecular complexity index is 582. The predicted octanol–water partition coefficient (Wildman–Crippen LogP) is 2.27. The van der Waals surface area contributed by atoms with Gasteiger partial charge in [0.05, 0.1) is 19.3 Å². The summed E-state index contributed by atoms with van der Waals surface area (Å²) in [5.41, 5.74) is 2.19. The molecule has 0 aliphatic carbocycles. The zero-order valence-corrected chi connectivity index (χ0v) is 11.9. The summed E-state index contributed by atoms with van der Waals surface area (Å²) in [5, 5.41) is 4.07. The first-order valence-corrected chi connectivity index (χ1v) is 6.94. The van der Waals surface area contributed by atoms with Crippen molar-refractivity contribution in [2.75, 3.05) is 19.7 Å². The summed E-state index contributed by atoms with van der Waals surface area (Å²) in [7, 11) is 0. The van der Waals surface area contributed by atoms with Gasteiger partial charge in [0.25, 0.3) is 0 Å². The van der Waals surface area contributed by atoms with Gasteiger partial charge in [-0.3, -0.25) is 4.90 Å². The third-order valence-electron chi connectivity index (χ3n) is 3.43. The van der Waals surface area contributed by atoms with Crippen LogP contribution in [-0.2, 0) is 11.3 Å². The van der Waals surface area contributed by atoms with Gasteiger partial charge in [-0.25, -0.2) is 0 Å². The summed E-state index contributed by atoms with van der Waals surface area (Å²) in [6.45, 7) is 7.40. The summed E-state index contributed by atoms with van der Waals surface area (Å²) >= 11 is 0. The minimum Gasteiger partial charge on any atom is -0.376 e. The van der Waals surface area contributed by atoms with Crippen LogP contribution >= 0.6 is 0 Å². The summed E-state index contributed by atoms with van der Waals surface area (Å²) in [4.78, 5) is 6.76. The fraction of sp³-hybridized carbons (Fsp3) is 0.467. The number of nitrogens with zero attached hydrogens (tertiary/aromatic N) is 3. The first-order valence-electron chi connectivity index (χ1n) is 6.94. The molecule has 0 radical (unpaired) electrons. The van der Waals surface area contributed by atoms with Gasteiger partial charge < -0.3 is 9.26 Å². The van der Waals surface area contributed by atoms with Gasteiger partial charge in [-0.15, -0.1) is 0 Å². The van der Waals surface area contributed by atoms with E-state index in [-0.39, 0.29) is 6.10 Å². The largest absolute Gasteiger partial charge is 0.376 e. The Morgan fingerprint density at radius 3 is 3.10 bits per heavy atom. The van der Waals surface area contributed by atoms with Crippen molar-refractivity contribution in [1.82, 2.24) is 15.0 Å². The third-order valence-corrected chi connectivity index (χ3v) is 3.43. The summed E-state index contributed by atoms with van der Waals surface area (Å²) < 4.78 is 10.9. The number of hydrogen-bond acceptors (Lipinski definition) is 5. The summed E-state index contributed by atoms with van der Waals surface area (Å²) in [5.74, 6) is 1.32. The predicted molar refractivity (Wildman–Crippen MR) is 75.2 cm³/mol. The van der Waals surface area contributed by atoms with Gasteiger partial charge >= 0.3 is 0 Å². The SMILES string of the molecule is Cc1cccc(-c2noc(CN3CCO[C@H](C)C3)n2)c1. The molecule has 1 atom stereocenters. The van der Waals surface area contributed by atoms with Crippen LogP contribution < -0.4 is 0 Å². The van der Waals surface area contributed by atoms with Crippen LogP contribution in [0.15, 0.2) is 28.8 Å². The van der Waals surface area contributed by atoms with E-state index in [4.69, 9.17) is 9.26 Å². The molecule has 0 amide bonds. The fourth-order valence-electron chi connectivity index (χ4n) is 2.45. The Kier molecular flexibility index (Phi) is 3.80. The van der Waals surface area contributed by atoms with Crippen LogP contribution in [0.2, 0.25) is 0 Å². The zero-order valence-electron chi connectivity index (χ0n) is 11.9. The molecule has 5 nitrogen and oxygen atoms in total. The molecule has 1 aliphatic heterocycles. The van der Waals surface area contributed by atoms with E-state index in [9.17, 15) is 0 Å². The van der Waals surface area contributed by atoms with E-state index in [1.165, 1.54) is 5.56 Å². The van der Waals surface area contributed by atoms with Crippen LogP contribution in [0.3, 0.4) is 0 Å². The Hall–Kier alpha value is -1.72. The van der Waals surface area contributed by atoms with Gasteiger partial charge in [-0.1, -0.05) is 28.9 Å². The normalized spacial score (nSPS) is 20.2. The fourth-order valence-corrected chi connectivity index (χ4v) is 2.45. The molecule has 0 N–H and O–H groups in total. The summed E-state index contributed by atoms with van der Waals surface area (Å²) in [6, 6.07) is 8.12. The quantitative estimate of drug-likeness (QED) is 0.858. The van der Waals surface area contributed by atoms with Crippen molar-refractivity contribution < 1.29 is 9.26 Å². The van der Waals surface area contributed by atoms with E-state index in [2.05, 4.69) is 41.0 Å². The van der Waals surface area contributed by atoms with Crippen molar-refractivity contribution in [3.63, 3.8) is 0 Å². The number of rotatable bonds is 3. The Morgan fingerprint density at radius 2 is 2.30 bits per heavy atom. The highest BCUT2D eigenvalue weighted by atomic mass is 16.5. The zero-order chi connectivity index (χ0) is 13.9. The molecule has 0 saturated carbocycles. The van der Waals surface area contributed by atoms with Crippen molar-refractivity contribution in [2.24, 2.45) is 0 Å². The number of ether oxygens (including phenoxy) is 1. The topological polar surface area (TPSA) is 51.4 Å². The molecule has 2 aromatic rings. The van der Waals surface area contributed by atoms with Crippen LogP contribution in [-0.4, -0.2) is 40.8 Å². The lowest BCUT2D eigenvalue weighted by molar-refractivity contribution is -0.0240. The van der Waals surface area contributed by atoms with Crippen molar-refractivity contribution >= 4 is 0 Å². The minimum absolute atomic E-state index is 0.267. The molecular weight excluding hydrogens is 254 g/mol. The van der Waals surface area contributed by atoms with Crippen LogP contribution in [0.1, 0.15) is 18.4 Å². The average Bonchev–Trinajstić information content (AvgIpc) is 2.87. The molecule has 0 spiro atoms. The molecule has 1 aromatic carbocycles. The maximum atomic E-state index is 5.53. The lowest BCUT2D eigenvalue weighted by Gasteiger charge is -2.29. The van der Waals surface area contributed by atoms with Gasteiger partial charge in [-0.2, -0.15) is 4.98 Å². The van der Waals surface area contributed by atoms with Gasteiger partial charge in [0.1, 0.15) is 0 Å². The van der Waals surface area contributed by atoms with Crippen molar-refractivity contribution in [3.05, 3.63) is 35.7 Å². The van der Waals surface area contributed by atoms with Crippen LogP contribution in [0.5, 0.6) is 0 Å². The van der Waals surface area contributed by atoms with E-state index in [0.29, 0.717) is 18.3 Å². The Balaban J connectivity index is 1.70. The highest BCUT2D eigenvalue weighted by molar-refractivity contribution is 5.55. The number of aromatic nitrogens is 2. The maximum Gasteiger partial charge on any atom is 0.241 e. The Labute approximate surface area is 118 Å². The molecule has 3 rings (SSSR count). The molecule has 20 heavy (non-hydrogen) atoms. The lowest BCUT2D eigenvalue weighted by Crippen LogP contribution is -2.40. The average molecular weight is 273 g/mol. The molecule has 0 bridgehead atoms. The van der Waals surface area contributed by atoms with E-state index in [0.717, 1.165) is 25.3 Å². The lowest BCUT2D eigenvalue weighted by atomic mass is 10.1. The second-order valence-electron chi connectivity index (χ2n) is 5.30. The monoisotopic (exact) mass is 273 g/mol. The van der Waals surface area contributed by atoms with Crippen molar-refractivity contribution in [2.45, 2.75) is 26.5 Å². The van der Waals surface area contributed by atoms with E-state index >= 15 is 0 Å². The third kappa shape index (κ3) is 3.05. The van der Waals surface area contributed by atoms with Gasteiger partial charge in [-0.05, 0) is 19.9 Å². The number of hydrogen-bond donors (Lipinski definition) is 0. The molecule has 1 fully saturated rings. The van der Waals surface area contributed by atoms with Gasteiger partial charge in [0, 0.05) is 18.7 Å². The van der Waals surface area contributed by atoms with Crippen molar-refractivity contribution in [3.8, 4) is 11.4 Å². The second-order valence-corrected chi connectivity index (χ2v) is 5.30. The van der Waals surface area contributed by atoms with Gasteiger partial charge in [0.2, 0.25) is 11.7 Å². The first-order chi connectivity index (χ1) is 9.70. The van der Waals surface area contributed by atoms with Crippen molar-refractivity contribution in [1.29, 1.82) is 0 Å². The molecule has 0 unspecified atom stereocenters. The van der Waals surface area contributed by atoms with E-state index < -0.39 is 0 Å². The smallest absolute Gasteiger partial charge is 0.241 e. The number of aryl methyl sites for hydroxylation is 1. The van der Waals surface area contributed by atoms with E-state index in [1.807, 2.05) is 12.1 Å². The minimum atomic E-state index is 0.267. The second kappa shape index (κ2) is 5.73. The molecule has 5 heteroatoms. The Morgan fingerprint density at radius 1 is 1.40 bits per heavy atom. The number of benzene rings is 1. The molecule has 1 aromatic heterocycles. The first kappa shape index (κ1) is 13.3. The molecule has 2 heterocycles. The molecular formula is C15H19N3O2. The highest BCUT2D eigenvalue weighted by Gasteiger charge is 2.19. The highest BCUT2D eigenvalue weighted by Crippen LogP contribution is 2.18. The molecule has 106 valence electrons. The van der Waals surface area contributed by atoms with E-state index in [1.54, 1.807) is 0 Å². The molecule has 1 aliphatic rings. The maximum absolute atomic E-state index is 5.53. The van der Waals surface area contributed by atoms with Crippen LogP contribution in [0.25, 0.3) is 11.4 Å². The molecule has 1 saturated heterocycles. The van der Waals surface area contributed by atoms with Crippen LogP contribution in [0, 0.1) is 6.92 Å².